The van der Waals surface area contributed by atoms with Gasteiger partial charge < -0.3 is 5.11 Å². The Balaban J connectivity index is 2.28. The summed E-state index contributed by atoms with van der Waals surface area (Å²) in [6, 6.07) is 4.03. The summed E-state index contributed by atoms with van der Waals surface area (Å²) in [6.45, 7) is 3.97. The van der Waals surface area contributed by atoms with Gasteiger partial charge in [0.2, 0.25) is 0 Å². The van der Waals surface area contributed by atoms with Gasteiger partial charge in [-0.3, -0.25) is 4.79 Å². The van der Waals surface area contributed by atoms with Crippen LogP contribution in [0.15, 0.2) is 24.3 Å². The van der Waals surface area contributed by atoms with E-state index in [0.29, 0.717) is 11.5 Å². The van der Waals surface area contributed by atoms with E-state index in [4.69, 9.17) is 5.11 Å². The van der Waals surface area contributed by atoms with Crippen molar-refractivity contribution in [1.82, 2.24) is 0 Å². The van der Waals surface area contributed by atoms with Crippen molar-refractivity contribution in [3.8, 4) is 0 Å². The first kappa shape index (κ1) is 15.5. The fraction of sp³-hybridized carbons (Fsp3) is 0.444. The normalized spacial score (nSPS) is 16.3. The predicted molar refractivity (Wildman–Crippen MR) is 82.8 cm³/mol. The molecule has 21 heavy (non-hydrogen) atoms. The fourth-order valence-corrected chi connectivity index (χ4v) is 3.19. The Morgan fingerprint density at radius 2 is 1.71 bits per heavy atom. The maximum Gasteiger partial charge on any atom is 0.328 e. The number of rotatable bonds is 4. The molecule has 0 bridgehead atoms. The molecule has 1 aliphatic carbocycles. The molecule has 1 aromatic rings. The summed E-state index contributed by atoms with van der Waals surface area (Å²) >= 11 is 0. The van der Waals surface area contributed by atoms with Crippen LogP contribution in [0, 0.1) is 13.8 Å². The highest BCUT2D eigenvalue weighted by atomic mass is 16.4. The van der Waals surface area contributed by atoms with Crippen LogP contribution in [0.2, 0.25) is 0 Å². The van der Waals surface area contributed by atoms with E-state index >= 15 is 0 Å². The molecule has 0 aliphatic heterocycles. The minimum atomic E-state index is -1.10. The molecule has 1 fully saturated rings. The summed E-state index contributed by atoms with van der Waals surface area (Å²) in [6.07, 6.45) is 8.37. The molecule has 0 atom stereocenters. The van der Waals surface area contributed by atoms with Gasteiger partial charge in [0.15, 0.2) is 5.78 Å². The average molecular weight is 286 g/mol. The van der Waals surface area contributed by atoms with Crippen molar-refractivity contribution < 1.29 is 14.7 Å². The Bertz CT molecular complexity index is 578. The third kappa shape index (κ3) is 3.81. The summed E-state index contributed by atoms with van der Waals surface area (Å²) in [4.78, 5) is 22.6. The molecule has 0 aromatic heterocycles. The van der Waals surface area contributed by atoms with Gasteiger partial charge in [0.25, 0.3) is 0 Å². The molecule has 0 saturated heterocycles. The van der Waals surface area contributed by atoms with Crippen molar-refractivity contribution in [3.05, 3.63) is 46.5 Å². The van der Waals surface area contributed by atoms with Crippen LogP contribution in [-0.4, -0.2) is 16.9 Å². The molecule has 0 spiro atoms. The SMILES string of the molecule is Cc1cc(C2CCCCC2)c(C)cc1C(=O)/C=C/C(=O)O. The number of aryl methyl sites for hydroxylation is 2. The van der Waals surface area contributed by atoms with Crippen LogP contribution in [0.1, 0.15) is 65.1 Å². The Morgan fingerprint density at radius 3 is 2.33 bits per heavy atom. The molecule has 1 aromatic carbocycles. The van der Waals surface area contributed by atoms with E-state index in [0.717, 1.165) is 23.3 Å². The second kappa shape index (κ2) is 6.70. The molecule has 0 unspecified atom stereocenters. The molecular weight excluding hydrogens is 264 g/mol. The van der Waals surface area contributed by atoms with E-state index in [-0.39, 0.29) is 5.78 Å². The molecule has 3 nitrogen and oxygen atoms in total. The van der Waals surface area contributed by atoms with Gasteiger partial charge in [-0.15, -0.1) is 0 Å². The number of allylic oxidation sites excluding steroid dienone is 1. The van der Waals surface area contributed by atoms with E-state index in [1.165, 1.54) is 37.7 Å². The Hall–Kier alpha value is -1.90. The number of carbonyl (C=O) groups excluding carboxylic acids is 1. The maximum absolute atomic E-state index is 12.1. The summed E-state index contributed by atoms with van der Waals surface area (Å²) in [5, 5.41) is 8.61. The third-order valence-electron chi connectivity index (χ3n) is 4.30. The maximum atomic E-state index is 12.1. The van der Waals surface area contributed by atoms with Gasteiger partial charge in [0, 0.05) is 11.6 Å². The second-order valence-electron chi connectivity index (χ2n) is 5.89. The first-order valence-electron chi connectivity index (χ1n) is 7.55. The Kier molecular flexibility index (Phi) is 4.94. The van der Waals surface area contributed by atoms with Crippen LogP contribution in [0.3, 0.4) is 0 Å². The number of ketones is 1. The van der Waals surface area contributed by atoms with Gasteiger partial charge >= 0.3 is 5.97 Å². The standard InChI is InChI=1S/C18H22O3/c1-12-11-16(17(19)8-9-18(20)21)13(2)10-15(12)14-6-4-3-5-7-14/h8-11,14H,3-7H2,1-2H3,(H,20,21)/b9-8+. The number of hydrogen-bond acceptors (Lipinski definition) is 2. The summed E-state index contributed by atoms with van der Waals surface area (Å²) < 4.78 is 0. The summed E-state index contributed by atoms with van der Waals surface area (Å²) in [7, 11) is 0. The zero-order valence-corrected chi connectivity index (χ0v) is 12.7. The largest absolute Gasteiger partial charge is 0.478 e. The first-order chi connectivity index (χ1) is 9.99. The monoisotopic (exact) mass is 286 g/mol. The van der Waals surface area contributed by atoms with Crippen molar-refractivity contribution in [3.63, 3.8) is 0 Å². The quantitative estimate of drug-likeness (QED) is 0.667. The van der Waals surface area contributed by atoms with Crippen LogP contribution in [0.25, 0.3) is 0 Å². The lowest BCUT2D eigenvalue weighted by molar-refractivity contribution is -0.131. The fourth-order valence-electron chi connectivity index (χ4n) is 3.19. The summed E-state index contributed by atoms with van der Waals surface area (Å²) in [5.74, 6) is -0.735. The minimum Gasteiger partial charge on any atom is -0.478 e. The van der Waals surface area contributed by atoms with Gasteiger partial charge in [-0.1, -0.05) is 25.3 Å². The molecule has 2 rings (SSSR count). The molecule has 1 saturated carbocycles. The number of aliphatic carboxylic acids is 1. The lowest BCUT2D eigenvalue weighted by atomic mass is 9.81. The Labute approximate surface area is 125 Å². The molecule has 1 aliphatic rings. The molecule has 0 radical (unpaired) electrons. The molecule has 3 heteroatoms. The van der Waals surface area contributed by atoms with Crippen LogP contribution in [0.5, 0.6) is 0 Å². The average Bonchev–Trinajstić information content (AvgIpc) is 2.47. The van der Waals surface area contributed by atoms with E-state index in [1.807, 2.05) is 19.9 Å². The van der Waals surface area contributed by atoms with E-state index in [9.17, 15) is 9.59 Å². The van der Waals surface area contributed by atoms with Gasteiger partial charge in [-0.05, 0) is 61.4 Å². The number of hydrogen-bond donors (Lipinski definition) is 1. The van der Waals surface area contributed by atoms with Gasteiger partial charge in [-0.2, -0.15) is 0 Å². The van der Waals surface area contributed by atoms with Crippen molar-refractivity contribution in [2.75, 3.05) is 0 Å². The van der Waals surface area contributed by atoms with E-state index < -0.39 is 5.97 Å². The highest BCUT2D eigenvalue weighted by molar-refractivity contribution is 6.07. The van der Waals surface area contributed by atoms with Crippen LogP contribution in [-0.2, 0) is 4.79 Å². The molecule has 0 amide bonds. The van der Waals surface area contributed by atoms with E-state index in [1.54, 1.807) is 0 Å². The molecule has 112 valence electrons. The van der Waals surface area contributed by atoms with Gasteiger partial charge in [-0.25, -0.2) is 4.79 Å². The van der Waals surface area contributed by atoms with E-state index in [2.05, 4.69) is 6.07 Å². The van der Waals surface area contributed by atoms with Crippen molar-refractivity contribution in [1.29, 1.82) is 0 Å². The number of benzene rings is 1. The highest BCUT2D eigenvalue weighted by Crippen LogP contribution is 2.35. The topological polar surface area (TPSA) is 54.4 Å². The van der Waals surface area contributed by atoms with Crippen molar-refractivity contribution >= 4 is 11.8 Å². The smallest absolute Gasteiger partial charge is 0.328 e. The van der Waals surface area contributed by atoms with Gasteiger partial charge in [0.05, 0.1) is 0 Å². The predicted octanol–water partition coefficient (Wildman–Crippen LogP) is 4.17. The first-order valence-corrected chi connectivity index (χ1v) is 7.55. The molecule has 1 N–H and O–H groups in total. The minimum absolute atomic E-state index is 0.242. The second-order valence-corrected chi connectivity index (χ2v) is 5.89. The van der Waals surface area contributed by atoms with Gasteiger partial charge in [0.1, 0.15) is 0 Å². The van der Waals surface area contributed by atoms with Crippen LogP contribution in [0.4, 0.5) is 0 Å². The number of carbonyl (C=O) groups is 2. The lowest BCUT2D eigenvalue weighted by Gasteiger charge is -2.24. The molecular formula is C18H22O3. The van der Waals surface area contributed by atoms with Crippen LogP contribution < -0.4 is 0 Å². The lowest BCUT2D eigenvalue weighted by Crippen LogP contribution is -2.09. The Morgan fingerprint density at radius 1 is 1.05 bits per heavy atom. The third-order valence-corrected chi connectivity index (χ3v) is 4.30. The highest BCUT2D eigenvalue weighted by Gasteiger charge is 2.19. The number of carboxylic acid groups (broad SMARTS) is 1. The summed E-state index contributed by atoms with van der Waals surface area (Å²) in [5.41, 5.74) is 4.02. The van der Waals surface area contributed by atoms with Crippen LogP contribution >= 0.6 is 0 Å². The zero-order valence-electron chi connectivity index (χ0n) is 12.7. The van der Waals surface area contributed by atoms with Crippen molar-refractivity contribution in [2.24, 2.45) is 0 Å². The zero-order chi connectivity index (χ0) is 15.4. The van der Waals surface area contributed by atoms with Crippen molar-refractivity contribution in [2.45, 2.75) is 51.9 Å². The number of carboxylic acids is 1. The molecule has 0 heterocycles.